The lowest BCUT2D eigenvalue weighted by atomic mass is 10.1. The van der Waals surface area contributed by atoms with E-state index in [9.17, 15) is 20.1 Å². The van der Waals surface area contributed by atoms with Gasteiger partial charge in [-0.2, -0.15) is 4.98 Å². The van der Waals surface area contributed by atoms with Crippen molar-refractivity contribution >= 4 is 63.2 Å². The number of imidazole rings is 1. The molecular weight excluding hydrogens is 590 g/mol. The number of hydrogen-bond donors (Lipinski definition) is 4. The van der Waals surface area contributed by atoms with Crippen molar-refractivity contribution in [1.82, 2.24) is 19.5 Å². The molecule has 0 spiro atoms. The summed E-state index contributed by atoms with van der Waals surface area (Å²) in [5, 5.41) is 33.0. The Kier molecular flexibility index (Phi) is 7.92. The summed E-state index contributed by atoms with van der Waals surface area (Å²) in [5.74, 6) is 0.694. The second kappa shape index (κ2) is 11.6. The lowest BCUT2D eigenvalue weighted by Gasteiger charge is -2.19. The lowest BCUT2D eigenvalue weighted by Crippen LogP contribution is -2.33. The number of nitrogens with two attached hydrogens (primary N) is 1. The Morgan fingerprint density at radius 3 is 2.56 bits per heavy atom. The first-order chi connectivity index (χ1) is 19.8. The minimum Gasteiger partial charge on any atom is -0.423 e. The lowest BCUT2D eigenvalue weighted by molar-refractivity contribution is -0.0548. The SMILES string of the molecule is Nc1nc(SCc2cc3cc(Cl)ccc3oc2=O)c2nc(SCc3ccccc3)n([C@@H]3O[C@H](CO)[C@@H](O)[C@H]3O)c2n1. The van der Waals surface area contributed by atoms with Crippen LogP contribution in [0.5, 0.6) is 0 Å². The van der Waals surface area contributed by atoms with Gasteiger partial charge in [-0.15, -0.1) is 0 Å². The first-order valence-corrected chi connectivity index (χ1v) is 14.9. The zero-order valence-corrected chi connectivity index (χ0v) is 23.6. The van der Waals surface area contributed by atoms with Gasteiger partial charge in [0.05, 0.1) is 6.61 Å². The van der Waals surface area contributed by atoms with E-state index in [1.54, 1.807) is 28.8 Å². The molecule has 4 heterocycles. The first-order valence-electron chi connectivity index (χ1n) is 12.5. The second-order valence-electron chi connectivity index (χ2n) is 9.36. The van der Waals surface area contributed by atoms with Crippen LogP contribution in [0, 0.1) is 0 Å². The summed E-state index contributed by atoms with van der Waals surface area (Å²) in [7, 11) is 0. The molecule has 0 amide bonds. The van der Waals surface area contributed by atoms with Gasteiger partial charge in [-0.1, -0.05) is 65.5 Å². The van der Waals surface area contributed by atoms with Crippen molar-refractivity contribution in [2.24, 2.45) is 0 Å². The molecule has 4 atom stereocenters. The molecule has 1 saturated heterocycles. The highest BCUT2D eigenvalue weighted by Crippen LogP contribution is 2.39. The van der Waals surface area contributed by atoms with Crippen LogP contribution >= 0.6 is 35.1 Å². The van der Waals surface area contributed by atoms with Crippen LogP contribution in [-0.2, 0) is 16.2 Å². The van der Waals surface area contributed by atoms with Crippen LogP contribution in [0.25, 0.3) is 22.1 Å². The van der Waals surface area contributed by atoms with Crippen LogP contribution in [-0.4, -0.2) is 59.8 Å². The third-order valence-electron chi connectivity index (χ3n) is 6.61. The molecule has 0 aliphatic carbocycles. The molecule has 1 aliphatic heterocycles. The van der Waals surface area contributed by atoms with Gasteiger partial charge in [-0.25, -0.2) is 14.8 Å². The highest BCUT2D eigenvalue weighted by atomic mass is 35.5. The number of fused-ring (bicyclic) bond motifs is 2. The van der Waals surface area contributed by atoms with Gasteiger partial charge < -0.3 is 30.2 Å². The fourth-order valence-electron chi connectivity index (χ4n) is 4.58. The normalized spacial score (nSPS) is 20.8. The number of halogens is 1. The molecule has 0 saturated carbocycles. The molecule has 212 valence electrons. The summed E-state index contributed by atoms with van der Waals surface area (Å²) >= 11 is 8.72. The van der Waals surface area contributed by atoms with Crippen molar-refractivity contribution in [1.29, 1.82) is 0 Å². The van der Waals surface area contributed by atoms with Gasteiger partial charge in [0.2, 0.25) is 5.95 Å². The van der Waals surface area contributed by atoms with Gasteiger partial charge in [0.25, 0.3) is 0 Å². The fourth-order valence-corrected chi connectivity index (χ4v) is 6.66. The minimum absolute atomic E-state index is 0.0511. The van der Waals surface area contributed by atoms with E-state index in [-0.39, 0.29) is 17.3 Å². The summed E-state index contributed by atoms with van der Waals surface area (Å²) in [6.07, 6.45) is -4.76. The van der Waals surface area contributed by atoms with Crippen molar-refractivity contribution in [3.63, 3.8) is 0 Å². The van der Waals surface area contributed by atoms with E-state index < -0.39 is 36.8 Å². The number of ether oxygens (including phenoxy) is 1. The zero-order chi connectivity index (χ0) is 28.7. The molecule has 14 heteroatoms. The molecule has 1 aliphatic rings. The number of anilines is 1. The van der Waals surface area contributed by atoms with Gasteiger partial charge >= 0.3 is 5.63 Å². The maximum atomic E-state index is 12.7. The molecule has 5 aromatic rings. The molecule has 1 fully saturated rings. The van der Waals surface area contributed by atoms with E-state index in [2.05, 4.69) is 9.97 Å². The number of aliphatic hydroxyl groups is 3. The predicted octanol–water partition coefficient (Wildman–Crippen LogP) is 3.36. The van der Waals surface area contributed by atoms with Crippen LogP contribution in [0.15, 0.2) is 74.0 Å². The number of benzene rings is 2. The van der Waals surface area contributed by atoms with E-state index in [4.69, 9.17) is 31.5 Å². The molecule has 11 nitrogen and oxygen atoms in total. The molecule has 0 bridgehead atoms. The van der Waals surface area contributed by atoms with Crippen LogP contribution in [0.3, 0.4) is 0 Å². The molecule has 3 aromatic heterocycles. The van der Waals surface area contributed by atoms with Crippen LogP contribution in [0.1, 0.15) is 17.4 Å². The second-order valence-corrected chi connectivity index (χ2v) is 11.7. The van der Waals surface area contributed by atoms with E-state index >= 15 is 0 Å². The van der Waals surface area contributed by atoms with Crippen molar-refractivity contribution in [2.75, 3.05) is 12.3 Å². The molecule has 5 N–H and O–H groups in total. The summed E-state index contributed by atoms with van der Waals surface area (Å²) < 4.78 is 12.9. The average molecular weight is 614 g/mol. The van der Waals surface area contributed by atoms with Gasteiger partial charge in [-0.3, -0.25) is 4.57 Å². The van der Waals surface area contributed by atoms with Crippen molar-refractivity contribution in [2.45, 2.75) is 46.2 Å². The number of aromatic nitrogens is 4. The van der Waals surface area contributed by atoms with E-state index in [0.717, 1.165) is 5.56 Å². The minimum atomic E-state index is -1.36. The molecule has 6 rings (SSSR count). The third kappa shape index (κ3) is 5.54. The molecule has 41 heavy (non-hydrogen) atoms. The topological polar surface area (TPSA) is 170 Å². The van der Waals surface area contributed by atoms with E-state index in [1.165, 1.54) is 23.5 Å². The maximum absolute atomic E-state index is 12.7. The summed E-state index contributed by atoms with van der Waals surface area (Å²) in [5.41, 5.74) is 8.15. The monoisotopic (exact) mass is 613 g/mol. The summed E-state index contributed by atoms with van der Waals surface area (Å²) in [4.78, 5) is 26.2. The summed E-state index contributed by atoms with van der Waals surface area (Å²) in [6.45, 7) is -0.481. The molecular formula is C27H24ClN5O6S2. The zero-order valence-electron chi connectivity index (χ0n) is 21.3. The van der Waals surface area contributed by atoms with Gasteiger partial charge in [0.15, 0.2) is 17.0 Å². The quantitative estimate of drug-likeness (QED) is 0.114. The highest BCUT2D eigenvalue weighted by Gasteiger charge is 2.45. The first kappa shape index (κ1) is 28.0. The fraction of sp³-hybridized carbons (Fsp3) is 0.259. The Morgan fingerprint density at radius 2 is 1.80 bits per heavy atom. The Labute approximate surface area is 246 Å². The number of aliphatic hydroxyl groups excluding tert-OH is 3. The Morgan fingerprint density at radius 1 is 1.00 bits per heavy atom. The van der Waals surface area contributed by atoms with Crippen LogP contribution in [0.4, 0.5) is 5.95 Å². The van der Waals surface area contributed by atoms with Gasteiger partial charge in [0, 0.05) is 27.5 Å². The van der Waals surface area contributed by atoms with Crippen LogP contribution in [0.2, 0.25) is 5.02 Å². The third-order valence-corrected chi connectivity index (χ3v) is 8.88. The Hall–Kier alpha value is -3.17. The molecule has 2 aromatic carbocycles. The highest BCUT2D eigenvalue weighted by molar-refractivity contribution is 7.98. The van der Waals surface area contributed by atoms with Crippen molar-refractivity contribution in [3.05, 3.63) is 81.2 Å². The van der Waals surface area contributed by atoms with Crippen molar-refractivity contribution < 1.29 is 24.5 Å². The molecule has 0 unspecified atom stereocenters. The number of nitrogen functional groups attached to an aromatic ring is 1. The van der Waals surface area contributed by atoms with Gasteiger partial charge in [0.1, 0.15) is 34.4 Å². The van der Waals surface area contributed by atoms with E-state index in [1.807, 2.05) is 30.3 Å². The Bertz CT molecular complexity index is 1790. The standard InChI is InChI=1S/C27H24ClN5O6S2/c28-16-6-7-17-14(9-16)8-15(25(37)39-17)12-40-23-19-22(31-26(29)32-23)33(24-21(36)20(35)18(10-34)38-24)27(30-19)41-11-13-4-2-1-3-5-13/h1-9,18,20-21,24,34-36H,10-12H2,(H2,29,31,32)/t18-,20-,21-,24-/m1/s1. The number of nitrogens with zero attached hydrogens (tertiary/aromatic N) is 4. The number of rotatable bonds is 8. The van der Waals surface area contributed by atoms with Gasteiger partial charge in [-0.05, 0) is 29.8 Å². The summed E-state index contributed by atoms with van der Waals surface area (Å²) in [6, 6.07) is 16.5. The van der Waals surface area contributed by atoms with E-state index in [0.29, 0.717) is 43.0 Å². The Balaban J connectivity index is 1.39. The van der Waals surface area contributed by atoms with Crippen molar-refractivity contribution in [3.8, 4) is 0 Å². The average Bonchev–Trinajstić information content (AvgIpc) is 3.47. The molecule has 0 radical (unpaired) electrons. The predicted molar refractivity (Wildman–Crippen MR) is 156 cm³/mol. The number of thioether (sulfide) groups is 2. The number of hydrogen-bond acceptors (Lipinski definition) is 12. The largest absolute Gasteiger partial charge is 0.423 e. The van der Waals surface area contributed by atoms with Crippen LogP contribution < -0.4 is 11.4 Å². The smallest absolute Gasteiger partial charge is 0.340 e. The maximum Gasteiger partial charge on any atom is 0.340 e.